The quantitative estimate of drug-likeness (QED) is 0.0577. The van der Waals surface area contributed by atoms with Gasteiger partial charge in [0, 0.05) is 50.6 Å². The van der Waals surface area contributed by atoms with Gasteiger partial charge in [0.25, 0.3) is 11.8 Å². The summed E-state index contributed by atoms with van der Waals surface area (Å²) >= 11 is 7.87. The molecule has 0 atom stereocenters. The number of halogens is 1. The second kappa shape index (κ2) is 20.3. The van der Waals surface area contributed by atoms with Crippen LogP contribution in [0.1, 0.15) is 49.1 Å². The van der Waals surface area contributed by atoms with E-state index in [4.69, 9.17) is 35.5 Å². The SMILES string of the molecule is Cc1sc2c(c1C)C(c1ccc(Cl)cc1)=N/C(=C\C(=O)Nc1ccc(OCCOCCOCCOCCNC(=O)c3cccc(-c4ccc5c(c4)NC(=O)C5)c3)cc1)c1nnc(C)n1-2. The first-order chi connectivity index (χ1) is 31.1. The Labute approximate surface area is 379 Å². The third kappa shape index (κ3) is 10.5. The van der Waals surface area contributed by atoms with Gasteiger partial charge in [-0.25, -0.2) is 4.99 Å². The number of hydrogen-bond acceptors (Lipinski definition) is 11. The molecule has 0 unspecified atom stereocenters. The minimum atomic E-state index is -0.371. The first-order valence-electron chi connectivity index (χ1n) is 20.8. The average molecular weight is 900 g/mol. The number of nitrogens with zero attached hydrogens (tertiary/aromatic N) is 4. The monoisotopic (exact) mass is 899 g/mol. The van der Waals surface area contributed by atoms with E-state index in [-0.39, 0.29) is 17.7 Å². The van der Waals surface area contributed by atoms with Crippen molar-refractivity contribution in [2.75, 3.05) is 63.4 Å². The summed E-state index contributed by atoms with van der Waals surface area (Å²) in [5, 5.41) is 19.0. The molecule has 328 valence electrons. The Kier molecular flexibility index (Phi) is 14.0. The van der Waals surface area contributed by atoms with Crippen molar-refractivity contribution in [2.24, 2.45) is 4.99 Å². The van der Waals surface area contributed by atoms with Gasteiger partial charge in [-0.1, -0.05) is 48.0 Å². The number of aryl methyl sites for hydroxylation is 2. The number of rotatable bonds is 18. The van der Waals surface area contributed by atoms with E-state index in [9.17, 15) is 14.4 Å². The number of aromatic nitrogens is 3. The molecule has 0 spiro atoms. The summed E-state index contributed by atoms with van der Waals surface area (Å²) in [5.41, 5.74) is 8.78. The number of anilines is 2. The van der Waals surface area contributed by atoms with Crippen molar-refractivity contribution in [3.05, 3.63) is 146 Å². The molecule has 3 N–H and O–H groups in total. The largest absolute Gasteiger partial charge is 0.491 e. The lowest BCUT2D eigenvalue weighted by Gasteiger charge is -2.10. The smallest absolute Gasteiger partial charge is 0.251 e. The van der Waals surface area contributed by atoms with Gasteiger partial charge >= 0.3 is 0 Å². The van der Waals surface area contributed by atoms with Gasteiger partial charge in [-0.2, -0.15) is 0 Å². The van der Waals surface area contributed by atoms with Gasteiger partial charge < -0.3 is 34.9 Å². The van der Waals surface area contributed by atoms with Crippen LogP contribution in [-0.2, 0) is 30.2 Å². The molecule has 3 amide bonds. The molecule has 0 saturated heterocycles. The van der Waals surface area contributed by atoms with E-state index in [2.05, 4.69) is 40.0 Å². The summed E-state index contributed by atoms with van der Waals surface area (Å²) in [7, 11) is 0. The molecule has 0 fully saturated rings. The summed E-state index contributed by atoms with van der Waals surface area (Å²) < 4.78 is 24.6. The van der Waals surface area contributed by atoms with Crippen LogP contribution in [0.4, 0.5) is 11.4 Å². The predicted molar refractivity (Wildman–Crippen MR) is 248 cm³/mol. The maximum absolute atomic E-state index is 13.4. The number of benzene rings is 4. The molecule has 4 heterocycles. The summed E-state index contributed by atoms with van der Waals surface area (Å²) in [5.74, 6) is 1.23. The van der Waals surface area contributed by atoms with Crippen LogP contribution in [0.25, 0.3) is 21.8 Å². The molecule has 64 heavy (non-hydrogen) atoms. The molecule has 2 aromatic heterocycles. The Morgan fingerprint density at radius 3 is 2.30 bits per heavy atom. The number of amides is 3. The molecule has 0 bridgehead atoms. The summed E-state index contributed by atoms with van der Waals surface area (Å²) in [6.07, 6.45) is 1.83. The molecule has 0 aliphatic carbocycles. The van der Waals surface area contributed by atoms with Crippen molar-refractivity contribution in [1.82, 2.24) is 20.1 Å². The van der Waals surface area contributed by atoms with E-state index in [0.29, 0.717) is 98.6 Å². The molecular weight excluding hydrogens is 854 g/mol. The Balaban J connectivity index is 0.718. The van der Waals surface area contributed by atoms with Crippen LogP contribution in [0, 0.1) is 20.8 Å². The fourth-order valence-corrected chi connectivity index (χ4v) is 8.56. The van der Waals surface area contributed by atoms with Crippen LogP contribution < -0.4 is 20.7 Å². The molecule has 14 nitrogen and oxygen atoms in total. The molecule has 0 saturated carbocycles. The highest BCUT2D eigenvalue weighted by Gasteiger charge is 2.29. The first kappa shape index (κ1) is 44.1. The zero-order valence-electron chi connectivity index (χ0n) is 35.5. The predicted octanol–water partition coefficient (Wildman–Crippen LogP) is 7.76. The topological polar surface area (TPSA) is 167 Å². The molecular formula is C48H46ClN7O7S. The number of nitrogens with one attached hydrogen (secondary N) is 3. The van der Waals surface area contributed by atoms with Gasteiger partial charge in [0.05, 0.1) is 51.8 Å². The number of carbonyl (C=O) groups is 3. The maximum atomic E-state index is 13.4. The molecule has 8 rings (SSSR count). The average Bonchev–Trinajstić information content (AvgIpc) is 3.93. The number of aliphatic imine (C=N–C) groups is 1. The Hall–Kier alpha value is -6.49. The summed E-state index contributed by atoms with van der Waals surface area (Å²) in [6, 6.07) is 27.8. The van der Waals surface area contributed by atoms with Crippen molar-refractivity contribution >= 4 is 63.4 Å². The van der Waals surface area contributed by atoms with Crippen LogP contribution >= 0.6 is 22.9 Å². The van der Waals surface area contributed by atoms with E-state index in [1.54, 1.807) is 41.7 Å². The maximum Gasteiger partial charge on any atom is 0.251 e. The summed E-state index contributed by atoms with van der Waals surface area (Å²) in [4.78, 5) is 44.1. The van der Waals surface area contributed by atoms with Crippen LogP contribution in [0.15, 0.2) is 102 Å². The molecule has 2 aliphatic heterocycles. The molecule has 16 heteroatoms. The zero-order valence-corrected chi connectivity index (χ0v) is 37.1. The standard InChI is InChI=1S/C48H46ClN7O7S/c1-29-30(2)64-48-44(29)45(32-9-11-37(49)12-10-32)53-41(46-55-54-31(3)56(46)48)28-43(58)51-38-13-15-39(16-14-38)63-24-23-62-22-21-61-20-19-60-18-17-50-47(59)36-6-4-5-33(25-36)34-7-8-35-27-42(57)52-40(35)26-34/h4-16,25-26,28H,17-24,27H2,1-3H3,(H,50,59)(H,51,58)(H,52,57)/b41-28-. The lowest BCUT2D eigenvalue weighted by molar-refractivity contribution is -0.115. The number of fused-ring (bicyclic) bond motifs is 4. The van der Waals surface area contributed by atoms with Crippen LogP contribution in [-0.4, -0.2) is 91.0 Å². The Bertz CT molecular complexity index is 2750. The van der Waals surface area contributed by atoms with Crippen molar-refractivity contribution in [1.29, 1.82) is 0 Å². The molecule has 2 aliphatic rings. The first-order valence-corrected chi connectivity index (χ1v) is 22.0. The number of ether oxygens (including phenoxy) is 4. The van der Waals surface area contributed by atoms with Crippen molar-refractivity contribution in [3.63, 3.8) is 0 Å². The highest BCUT2D eigenvalue weighted by atomic mass is 35.5. The van der Waals surface area contributed by atoms with E-state index >= 15 is 0 Å². The van der Waals surface area contributed by atoms with Crippen molar-refractivity contribution < 1.29 is 33.3 Å². The van der Waals surface area contributed by atoms with Crippen molar-refractivity contribution in [2.45, 2.75) is 27.2 Å². The lowest BCUT2D eigenvalue weighted by atomic mass is 10.00. The van der Waals surface area contributed by atoms with Gasteiger partial charge in [0.15, 0.2) is 5.82 Å². The van der Waals surface area contributed by atoms with Crippen LogP contribution in [0.5, 0.6) is 5.75 Å². The van der Waals surface area contributed by atoms with Gasteiger partial charge in [0.1, 0.15) is 28.9 Å². The fourth-order valence-electron chi connectivity index (χ4n) is 7.23. The van der Waals surface area contributed by atoms with E-state index in [0.717, 1.165) is 54.7 Å². The number of hydrogen-bond donors (Lipinski definition) is 3. The second-order valence-corrected chi connectivity index (χ2v) is 16.6. The van der Waals surface area contributed by atoms with Crippen LogP contribution in [0.2, 0.25) is 5.02 Å². The minimum absolute atomic E-state index is 0.0120. The van der Waals surface area contributed by atoms with E-state index in [1.807, 2.05) is 72.2 Å². The van der Waals surface area contributed by atoms with Crippen molar-refractivity contribution in [3.8, 4) is 21.9 Å². The molecule has 6 aromatic rings. The zero-order chi connectivity index (χ0) is 44.6. The van der Waals surface area contributed by atoms with Crippen LogP contribution in [0.3, 0.4) is 0 Å². The highest BCUT2D eigenvalue weighted by molar-refractivity contribution is 7.15. The Morgan fingerprint density at radius 2 is 1.53 bits per heavy atom. The van der Waals surface area contributed by atoms with Gasteiger partial charge in [-0.3, -0.25) is 19.0 Å². The molecule has 4 aromatic carbocycles. The summed E-state index contributed by atoms with van der Waals surface area (Å²) in [6.45, 7) is 9.03. The van der Waals surface area contributed by atoms with Gasteiger partial charge in [0.2, 0.25) is 5.91 Å². The Morgan fingerprint density at radius 1 is 0.828 bits per heavy atom. The molecule has 0 radical (unpaired) electrons. The van der Waals surface area contributed by atoms with Gasteiger partial charge in [-0.15, -0.1) is 21.5 Å². The normalized spacial score (nSPS) is 13.4. The third-order valence-electron chi connectivity index (χ3n) is 10.6. The van der Waals surface area contributed by atoms with E-state index < -0.39 is 0 Å². The number of carbonyl (C=O) groups excluding carboxylic acids is 3. The lowest BCUT2D eigenvalue weighted by Crippen LogP contribution is -2.27. The highest BCUT2D eigenvalue weighted by Crippen LogP contribution is 2.39. The van der Waals surface area contributed by atoms with Gasteiger partial charge in [-0.05, 0) is 97.6 Å². The van der Waals surface area contributed by atoms with E-state index in [1.165, 1.54) is 6.08 Å². The number of thiophene rings is 1. The third-order valence-corrected chi connectivity index (χ3v) is 12.0. The fraction of sp³-hybridized carbons (Fsp3) is 0.250. The second-order valence-electron chi connectivity index (χ2n) is 15.0. The minimum Gasteiger partial charge on any atom is -0.491 e.